The molecule has 0 amide bonds. The van der Waals surface area contributed by atoms with Gasteiger partial charge in [0.15, 0.2) is 0 Å². The van der Waals surface area contributed by atoms with Crippen LogP contribution in [0.5, 0.6) is 0 Å². The molecule has 0 aliphatic heterocycles. The van der Waals surface area contributed by atoms with Gasteiger partial charge in [-0.15, -0.1) is 0 Å². The molecule has 25 heavy (non-hydrogen) atoms. The molecule has 124 valence electrons. The van der Waals surface area contributed by atoms with Crippen molar-refractivity contribution in [2.45, 2.75) is 26.2 Å². The predicted molar refractivity (Wildman–Crippen MR) is 106 cm³/mol. The molecule has 1 unspecified atom stereocenters. The Morgan fingerprint density at radius 2 is 1.76 bits per heavy atom. The van der Waals surface area contributed by atoms with E-state index < -0.39 is 0 Å². The molecule has 1 heterocycles. The minimum absolute atomic E-state index is 0.0922. The van der Waals surface area contributed by atoms with Crippen molar-refractivity contribution in [2.75, 3.05) is 0 Å². The van der Waals surface area contributed by atoms with E-state index in [0.717, 1.165) is 6.42 Å². The second-order valence-corrected chi connectivity index (χ2v) is 7.90. The fourth-order valence-corrected chi connectivity index (χ4v) is 5.02. The summed E-state index contributed by atoms with van der Waals surface area (Å²) in [6.07, 6.45) is 7.89. The van der Waals surface area contributed by atoms with Crippen molar-refractivity contribution in [3.63, 3.8) is 0 Å². The Morgan fingerprint density at radius 3 is 2.56 bits per heavy atom. The van der Waals surface area contributed by atoms with Gasteiger partial charge in [0.25, 0.3) is 0 Å². The second kappa shape index (κ2) is 4.98. The fraction of sp³-hybridized carbons (Fsp3) is 0.250. The standard InChI is InChI=1S/C24H23N/c1-24(2,16-10-4-5-11-16)22-17-12-6-7-13-18(17)23-21(22)19-14-8-9-15-20(19)25(23)3/h4-10,12-15,22H,11H2,1-3H3. The number of aromatic nitrogens is 1. The summed E-state index contributed by atoms with van der Waals surface area (Å²) in [5, 5.41) is 1.40. The highest BCUT2D eigenvalue weighted by Gasteiger charge is 2.43. The summed E-state index contributed by atoms with van der Waals surface area (Å²) in [4.78, 5) is 0. The third-order valence-corrected chi connectivity index (χ3v) is 6.28. The molecule has 0 radical (unpaired) electrons. The quantitative estimate of drug-likeness (QED) is 0.528. The second-order valence-electron chi connectivity index (χ2n) is 7.90. The van der Waals surface area contributed by atoms with Gasteiger partial charge in [-0.2, -0.15) is 0 Å². The number of rotatable bonds is 2. The summed E-state index contributed by atoms with van der Waals surface area (Å²) < 4.78 is 2.39. The third kappa shape index (κ3) is 1.84. The van der Waals surface area contributed by atoms with E-state index in [1.165, 1.54) is 38.9 Å². The zero-order valence-electron chi connectivity index (χ0n) is 15.1. The zero-order chi connectivity index (χ0) is 17.2. The summed E-state index contributed by atoms with van der Waals surface area (Å²) >= 11 is 0. The molecule has 1 atom stereocenters. The van der Waals surface area contributed by atoms with E-state index in [9.17, 15) is 0 Å². The molecule has 0 saturated carbocycles. The molecule has 1 aromatic heterocycles. The Labute approximate surface area is 149 Å². The van der Waals surface area contributed by atoms with Crippen LogP contribution in [0, 0.1) is 5.41 Å². The van der Waals surface area contributed by atoms with E-state index in [2.05, 4.69) is 92.2 Å². The van der Waals surface area contributed by atoms with Crippen molar-refractivity contribution in [1.82, 2.24) is 4.57 Å². The summed E-state index contributed by atoms with van der Waals surface area (Å²) in [7, 11) is 2.21. The number of para-hydroxylation sites is 1. The van der Waals surface area contributed by atoms with E-state index in [4.69, 9.17) is 0 Å². The monoisotopic (exact) mass is 325 g/mol. The van der Waals surface area contributed by atoms with Crippen LogP contribution in [0.4, 0.5) is 0 Å². The van der Waals surface area contributed by atoms with Gasteiger partial charge >= 0.3 is 0 Å². The first-order valence-electron chi connectivity index (χ1n) is 9.13. The van der Waals surface area contributed by atoms with Crippen molar-refractivity contribution < 1.29 is 0 Å². The van der Waals surface area contributed by atoms with Gasteiger partial charge in [-0.1, -0.05) is 80.1 Å². The van der Waals surface area contributed by atoms with Crippen LogP contribution in [-0.2, 0) is 7.05 Å². The normalized spacial score (nSPS) is 18.5. The summed E-state index contributed by atoms with van der Waals surface area (Å²) in [6.45, 7) is 4.84. The SMILES string of the molecule is Cn1c2c(c3ccccc31)C(C(C)(C)C1=CC=CC1)c1ccccc1-2. The lowest BCUT2D eigenvalue weighted by molar-refractivity contribution is 0.390. The zero-order valence-corrected chi connectivity index (χ0v) is 15.1. The fourth-order valence-electron chi connectivity index (χ4n) is 5.02. The molecule has 0 fully saturated rings. The van der Waals surface area contributed by atoms with Gasteiger partial charge in [0, 0.05) is 29.4 Å². The van der Waals surface area contributed by atoms with Gasteiger partial charge in [0.05, 0.1) is 5.69 Å². The first kappa shape index (κ1) is 14.8. The largest absolute Gasteiger partial charge is 0.343 e. The van der Waals surface area contributed by atoms with Crippen LogP contribution in [0.3, 0.4) is 0 Å². The van der Waals surface area contributed by atoms with Crippen LogP contribution >= 0.6 is 0 Å². The molecule has 0 saturated heterocycles. The molecule has 0 N–H and O–H groups in total. The molecule has 1 nitrogen and oxygen atoms in total. The van der Waals surface area contributed by atoms with Crippen LogP contribution in [0.15, 0.2) is 72.3 Å². The molecule has 2 aliphatic carbocycles. The molecule has 2 aliphatic rings. The highest BCUT2D eigenvalue weighted by atomic mass is 15.0. The summed E-state index contributed by atoms with van der Waals surface area (Å²) in [5.74, 6) is 0.399. The Kier molecular flexibility index (Phi) is 2.94. The number of allylic oxidation sites excluding steroid dienone is 4. The van der Waals surface area contributed by atoms with E-state index in [1.54, 1.807) is 0 Å². The van der Waals surface area contributed by atoms with E-state index in [0.29, 0.717) is 5.92 Å². The first-order chi connectivity index (χ1) is 12.1. The summed E-state index contributed by atoms with van der Waals surface area (Å²) in [5.41, 5.74) is 8.76. The lowest BCUT2D eigenvalue weighted by Gasteiger charge is -2.35. The van der Waals surface area contributed by atoms with Crippen LogP contribution in [0.2, 0.25) is 0 Å². The molecule has 2 aromatic carbocycles. The maximum Gasteiger partial charge on any atom is 0.0530 e. The number of nitrogens with zero attached hydrogens (tertiary/aromatic N) is 1. The summed E-state index contributed by atoms with van der Waals surface area (Å²) in [6, 6.07) is 17.9. The van der Waals surface area contributed by atoms with Crippen LogP contribution in [0.25, 0.3) is 22.2 Å². The van der Waals surface area contributed by atoms with E-state index >= 15 is 0 Å². The Balaban J connectivity index is 1.86. The maximum atomic E-state index is 2.42. The van der Waals surface area contributed by atoms with Gasteiger partial charge in [-0.05, 0) is 29.0 Å². The number of benzene rings is 2. The molecular formula is C24H23N. The van der Waals surface area contributed by atoms with E-state index in [1.807, 2.05) is 0 Å². The number of hydrogen-bond donors (Lipinski definition) is 0. The molecule has 0 bridgehead atoms. The lowest BCUT2D eigenvalue weighted by Crippen LogP contribution is -2.23. The highest BCUT2D eigenvalue weighted by molar-refractivity contribution is 5.96. The van der Waals surface area contributed by atoms with Crippen molar-refractivity contribution in [3.05, 3.63) is 83.5 Å². The third-order valence-electron chi connectivity index (χ3n) is 6.28. The maximum absolute atomic E-state index is 2.42. The van der Waals surface area contributed by atoms with Gasteiger partial charge < -0.3 is 4.57 Å². The predicted octanol–water partition coefficient (Wildman–Crippen LogP) is 6.20. The number of aryl methyl sites for hydroxylation is 1. The van der Waals surface area contributed by atoms with E-state index in [-0.39, 0.29) is 5.41 Å². The number of fused-ring (bicyclic) bond motifs is 5. The van der Waals surface area contributed by atoms with Crippen molar-refractivity contribution in [3.8, 4) is 11.3 Å². The van der Waals surface area contributed by atoms with Crippen LogP contribution in [-0.4, -0.2) is 4.57 Å². The van der Waals surface area contributed by atoms with Gasteiger partial charge in [-0.3, -0.25) is 0 Å². The number of hydrogen-bond acceptors (Lipinski definition) is 0. The topological polar surface area (TPSA) is 4.93 Å². The first-order valence-corrected chi connectivity index (χ1v) is 9.13. The molecule has 5 rings (SSSR count). The Bertz CT molecular complexity index is 1060. The average Bonchev–Trinajstić information content (AvgIpc) is 3.32. The van der Waals surface area contributed by atoms with Gasteiger partial charge in [0.2, 0.25) is 0 Å². The Morgan fingerprint density at radius 1 is 1.00 bits per heavy atom. The Hall–Kier alpha value is -2.54. The smallest absolute Gasteiger partial charge is 0.0530 e. The minimum Gasteiger partial charge on any atom is -0.343 e. The van der Waals surface area contributed by atoms with Crippen molar-refractivity contribution >= 4 is 10.9 Å². The van der Waals surface area contributed by atoms with Crippen LogP contribution in [0.1, 0.15) is 37.3 Å². The van der Waals surface area contributed by atoms with Gasteiger partial charge in [-0.25, -0.2) is 0 Å². The molecular weight excluding hydrogens is 302 g/mol. The van der Waals surface area contributed by atoms with Gasteiger partial charge in [0.1, 0.15) is 0 Å². The molecule has 3 aromatic rings. The highest BCUT2D eigenvalue weighted by Crippen LogP contribution is 2.58. The molecule has 0 spiro atoms. The lowest BCUT2D eigenvalue weighted by atomic mass is 9.68. The van der Waals surface area contributed by atoms with Crippen molar-refractivity contribution in [2.24, 2.45) is 12.5 Å². The van der Waals surface area contributed by atoms with Crippen LogP contribution < -0.4 is 0 Å². The average molecular weight is 325 g/mol. The molecule has 1 heteroatoms. The van der Waals surface area contributed by atoms with Crippen molar-refractivity contribution in [1.29, 1.82) is 0 Å². The minimum atomic E-state index is 0.0922.